The molecular formula is C18H23NO2. The second kappa shape index (κ2) is 7.70. The minimum absolute atomic E-state index is 0.642. The molecule has 21 heavy (non-hydrogen) atoms. The number of nitrogens with zero attached hydrogens (tertiary/aromatic N) is 1. The van der Waals surface area contributed by atoms with Gasteiger partial charge in [-0.1, -0.05) is 42.0 Å². The lowest BCUT2D eigenvalue weighted by Gasteiger charge is -2.18. The molecule has 2 rings (SSSR count). The first-order valence-electron chi connectivity index (χ1n) is 7.19. The van der Waals surface area contributed by atoms with Crippen molar-refractivity contribution in [2.45, 2.75) is 13.5 Å². The van der Waals surface area contributed by atoms with Gasteiger partial charge in [0, 0.05) is 13.1 Å². The monoisotopic (exact) mass is 285 g/mol. The maximum absolute atomic E-state index is 5.79. The third kappa shape index (κ3) is 4.80. The third-order valence-corrected chi connectivity index (χ3v) is 3.33. The molecule has 0 heterocycles. The van der Waals surface area contributed by atoms with Crippen molar-refractivity contribution in [1.82, 2.24) is 4.90 Å². The molecule has 0 saturated heterocycles. The molecule has 3 nitrogen and oxygen atoms in total. The van der Waals surface area contributed by atoms with Crippen molar-refractivity contribution >= 4 is 0 Å². The topological polar surface area (TPSA) is 21.7 Å². The van der Waals surface area contributed by atoms with Gasteiger partial charge < -0.3 is 9.47 Å². The van der Waals surface area contributed by atoms with E-state index in [-0.39, 0.29) is 0 Å². The molecule has 0 N–H and O–H groups in total. The highest BCUT2D eigenvalue weighted by molar-refractivity contribution is 5.39. The summed E-state index contributed by atoms with van der Waals surface area (Å²) in [5.74, 6) is 1.57. The number of ether oxygens (including phenoxy) is 2. The Hall–Kier alpha value is -2.00. The molecule has 0 spiro atoms. The third-order valence-electron chi connectivity index (χ3n) is 3.33. The van der Waals surface area contributed by atoms with Crippen molar-refractivity contribution in [3.05, 3.63) is 59.7 Å². The van der Waals surface area contributed by atoms with E-state index in [1.807, 2.05) is 24.3 Å². The molecule has 0 radical (unpaired) electrons. The van der Waals surface area contributed by atoms with E-state index in [1.54, 1.807) is 7.11 Å². The van der Waals surface area contributed by atoms with Crippen molar-refractivity contribution in [3.63, 3.8) is 0 Å². The summed E-state index contributed by atoms with van der Waals surface area (Å²) in [6.45, 7) is 4.56. The Kier molecular flexibility index (Phi) is 5.64. The Labute approximate surface area is 127 Å². The molecule has 112 valence electrons. The van der Waals surface area contributed by atoms with Gasteiger partial charge in [-0.25, -0.2) is 0 Å². The lowest BCUT2D eigenvalue weighted by atomic mass is 10.1. The fourth-order valence-corrected chi connectivity index (χ4v) is 2.25. The fraction of sp³-hybridized carbons (Fsp3) is 0.333. The number of rotatable bonds is 7. The summed E-state index contributed by atoms with van der Waals surface area (Å²) in [6.07, 6.45) is 0. The van der Waals surface area contributed by atoms with Gasteiger partial charge in [0.25, 0.3) is 0 Å². The van der Waals surface area contributed by atoms with Crippen LogP contribution in [0.15, 0.2) is 48.5 Å². The Morgan fingerprint density at radius 2 is 1.76 bits per heavy atom. The molecule has 0 saturated carbocycles. The van der Waals surface area contributed by atoms with Crippen LogP contribution in [0.4, 0.5) is 0 Å². The van der Waals surface area contributed by atoms with Gasteiger partial charge in [-0.3, -0.25) is 4.90 Å². The Morgan fingerprint density at radius 3 is 2.48 bits per heavy atom. The fourth-order valence-electron chi connectivity index (χ4n) is 2.25. The Morgan fingerprint density at radius 1 is 1.00 bits per heavy atom. The van der Waals surface area contributed by atoms with Crippen LogP contribution in [0.2, 0.25) is 0 Å². The number of methoxy groups -OCH3 is 1. The van der Waals surface area contributed by atoms with E-state index in [0.29, 0.717) is 6.61 Å². The average molecular weight is 285 g/mol. The van der Waals surface area contributed by atoms with Gasteiger partial charge in [-0.05, 0) is 31.7 Å². The highest BCUT2D eigenvalue weighted by atomic mass is 16.5. The summed E-state index contributed by atoms with van der Waals surface area (Å²) in [5.41, 5.74) is 2.63. The number of hydrogen-bond donors (Lipinski definition) is 0. The van der Waals surface area contributed by atoms with Crippen LogP contribution in [0.5, 0.6) is 11.5 Å². The standard InChI is InChI=1S/C18H23NO2/c1-15-7-6-8-16(13-15)14-19(2)11-12-21-18-10-5-4-9-17(18)20-3/h4-10,13H,11-12,14H2,1-3H3. The second-order valence-corrected chi connectivity index (χ2v) is 5.23. The number of para-hydroxylation sites is 2. The van der Waals surface area contributed by atoms with Crippen LogP contribution in [0.25, 0.3) is 0 Å². The quantitative estimate of drug-likeness (QED) is 0.777. The molecule has 0 aromatic heterocycles. The van der Waals surface area contributed by atoms with Gasteiger partial charge in [0.1, 0.15) is 6.61 Å². The van der Waals surface area contributed by atoms with Crippen molar-refractivity contribution in [3.8, 4) is 11.5 Å². The summed E-state index contributed by atoms with van der Waals surface area (Å²) in [5, 5.41) is 0. The minimum Gasteiger partial charge on any atom is -0.493 e. The highest BCUT2D eigenvalue weighted by Crippen LogP contribution is 2.25. The van der Waals surface area contributed by atoms with Gasteiger partial charge in [-0.2, -0.15) is 0 Å². The van der Waals surface area contributed by atoms with Crippen LogP contribution in [-0.2, 0) is 6.54 Å². The molecule has 0 unspecified atom stereocenters. The molecule has 0 bridgehead atoms. The molecule has 2 aromatic carbocycles. The van der Waals surface area contributed by atoms with Crippen LogP contribution in [0, 0.1) is 6.92 Å². The lowest BCUT2D eigenvalue weighted by Crippen LogP contribution is -2.24. The van der Waals surface area contributed by atoms with Gasteiger partial charge in [0.05, 0.1) is 7.11 Å². The molecule has 0 aliphatic carbocycles. The summed E-state index contributed by atoms with van der Waals surface area (Å²) in [7, 11) is 3.76. The first-order valence-corrected chi connectivity index (χ1v) is 7.19. The SMILES string of the molecule is COc1ccccc1OCCN(C)Cc1cccc(C)c1. The molecule has 0 aliphatic rings. The zero-order valence-electron chi connectivity index (χ0n) is 13.0. The molecule has 0 atom stereocenters. The Balaban J connectivity index is 1.80. The van der Waals surface area contributed by atoms with E-state index in [4.69, 9.17) is 9.47 Å². The van der Waals surface area contributed by atoms with Gasteiger partial charge in [-0.15, -0.1) is 0 Å². The average Bonchev–Trinajstić information content (AvgIpc) is 2.47. The van der Waals surface area contributed by atoms with Crippen molar-refractivity contribution in [2.24, 2.45) is 0 Å². The molecule has 2 aromatic rings. The van der Waals surface area contributed by atoms with Crippen LogP contribution >= 0.6 is 0 Å². The van der Waals surface area contributed by atoms with E-state index >= 15 is 0 Å². The van der Waals surface area contributed by atoms with Gasteiger partial charge in [0.2, 0.25) is 0 Å². The Bertz CT molecular complexity index is 569. The number of aryl methyl sites for hydroxylation is 1. The maximum atomic E-state index is 5.79. The lowest BCUT2D eigenvalue weighted by molar-refractivity contribution is 0.226. The highest BCUT2D eigenvalue weighted by Gasteiger charge is 2.04. The maximum Gasteiger partial charge on any atom is 0.161 e. The largest absolute Gasteiger partial charge is 0.493 e. The number of benzene rings is 2. The predicted octanol–water partition coefficient (Wildman–Crippen LogP) is 3.51. The molecular weight excluding hydrogens is 262 g/mol. The van der Waals surface area contributed by atoms with Crippen LogP contribution in [-0.4, -0.2) is 32.2 Å². The second-order valence-electron chi connectivity index (χ2n) is 5.23. The summed E-state index contributed by atoms with van der Waals surface area (Å²) in [6, 6.07) is 16.3. The van der Waals surface area contributed by atoms with Crippen molar-refractivity contribution < 1.29 is 9.47 Å². The van der Waals surface area contributed by atoms with E-state index < -0.39 is 0 Å². The smallest absolute Gasteiger partial charge is 0.161 e. The number of likely N-dealkylation sites (N-methyl/N-ethyl adjacent to an activating group) is 1. The summed E-state index contributed by atoms with van der Waals surface area (Å²) in [4.78, 5) is 2.25. The predicted molar refractivity (Wildman–Crippen MR) is 86.0 cm³/mol. The number of hydrogen-bond acceptors (Lipinski definition) is 3. The first kappa shape index (κ1) is 15.4. The van der Waals surface area contributed by atoms with Crippen molar-refractivity contribution in [2.75, 3.05) is 27.3 Å². The molecule has 0 fully saturated rings. The van der Waals surface area contributed by atoms with Gasteiger partial charge in [0.15, 0.2) is 11.5 Å². The normalized spacial score (nSPS) is 10.7. The van der Waals surface area contributed by atoms with Crippen LogP contribution in [0.3, 0.4) is 0 Å². The van der Waals surface area contributed by atoms with Crippen LogP contribution in [0.1, 0.15) is 11.1 Å². The van der Waals surface area contributed by atoms with E-state index in [0.717, 1.165) is 24.6 Å². The molecule has 0 aliphatic heterocycles. The van der Waals surface area contributed by atoms with Crippen molar-refractivity contribution in [1.29, 1.82) is 0 Å². The van der Waals surface area contributed by atoms with Gasteiger partial charge >= 0.3 is 0 Å². The summed E-state index contributed by atoms with van der Waals surface area (Å²) < 4.78 is 11.1. The molecule has 3 heteroatoms. The first-order chi connectivity index (χ1) is 10.2. The summed E-state index contributed by atoms with van der Waals surface area (Å²) >= 11 is 0. The zero-order chi connectivity index (χ0) is 15.1. The molecule has 0 amide bonds. The van der Waals surface area contributed by atoms with E-state index in [1.165, 1.54) is 11.1 Å². The van der Waals surface area contributed by atoms with Crippen LogP contribution < -0.4 is 9.47 Å². The van der Waals surface area contributed by atoms with E-state index in [9.17, 15) is 0 Å². The van der Waals surface area contributed by atoms with E-state index in [2.05, 4.69) is 43.1 Å². The zero-order valence-corrected chi connectivity index (χ0v) is 13.0. The minimum atomic E-state index is 0.642.